The van der Waals surface area contributed by atoms with Crippen molar-refractivity contribution in [1.82, 2.24) is 0 Å². The van der Waals surface area contributed by atoms with E-state index < -0.39 is 42.3 Å². The molecule has 5 atom stereocenters. The molecule has 21 heavy (non-hydrogen) atoms. The Hall–Kier alpha value is -0.320. The van der Waals surface area contributed by atoms with Crippen molar-refractivity contribution in [2.45, 2.75) is 70.0 Å². The van der Waals surface area contributed by atoms with Crippen molar-refractivity contribution >= 4 is 0 Å². The molecule has 0 amide bonds. The highest BCUT2D eigenvalue weighted by Crippen LogP contribution is 2.33. The minimum atomic E-state index is -1.25. The third kappa shape index (κ3) is 3.91. The van der Waals surface area contributed by atoms with Gasteiger partial charge in [-0.15, -0.1) is 0 Å². The first kappa shape index (κ1) is 17.0. The van der Waals surface area contributed by atoms with Crippen molar-refractivity contribution in [2.75, 3.05) is 13.7 Å². The Morgan fingerprint density at radius 1 is 1.19 bits per heavy atom. The summed E-state index contributed by atoms with van der Waals surface area (Å²) in [6, 6.07) is 0. The predicted molar refractivity (Wildman–Crippen MR) is 68.8 cm³/mol. The van der Waals surface area contributed by atoms with Gasteiger partial charge < -0.3 is 29.2 Å². The summed E-state index contributed by atoms with van der Waals surface area (Å²) in [5.41, 5.74) is 0. The van der Waals surface area contributed by atoms with E-state index in [0.717, 1.165) is 0 Å². The third-order valence-corrected chi connectivity index (χ3v) is 3.49. The lowest BCUT2D eigenvalue weighted by Crippen LogP contribution is -2.41. The van der Waals surface area contributed by atoms with Gasteiger partial charge in [-0.1, -0.05) is 0 Å². The van der Waals surface area contributed by atoms with Crippen LogP contribution < -0.4 is 0 Å². The van der Waals surface area contributed by atoms with E-state index in [0.29, 0.717) is 0 Å². The average Bonchev–Trinajstić information content (AvgIpc) is 2.90. The highest BCUT2D eigenvalue weighted by molar-refractivity contribution is 4.93. The van der Waals surface area contributed by atoms with Crippen molar-refractivity contribution in [3.63, 3.8) is 0 Å². The minimum Gasteiger partial charge on any atom is -0.387 e. The van der Waals surface area contributed by atoms with Gasteiger partial charge in [-0.05, 0) is 27.7 Å². The van der Waals surface area contributed by atoms with Crippen LogP contribution in [0.3, 0.4) is 0 Å². The van der Waals surface area contributed by atoms with Gasteiger partial charge in [0.05, 0.1) is 6.61 Å². The standard InChI is InChI=1S/C13H24O8/c1-12(2,16-5)21-20-11-9(15)8(14)10(18-11)7-6-17-13(3,4)19-7/h7-11,14-15H,6H2,1-5H3/t7-,8-,9+,10-,11+/m1/s1. The summed E-state index contributed by atoms with van der Waals surface area (Å²) in [6.45, 7) is 7.07. The average molecular weight is 308 g/mol. The molecule has 2 rings (SSSR count). The number of aliphatic hydroxyl groups is 2. The van der Waals surface area contributed by atoms with Gasteiger partial charge >= 0.3 is 0 Å². The zero-order valence-corrected chi connectivity index (χ0v) is 12.9. The molecule has 0 aromatic heterocycles. The van der Waals surface area contributed by atoms with Crippen LogP contribution in [0.1, 0.15) is 27.7 Å². The summed E-state index contributed by atoms with van der Waals surface area (Å²) in [6.07, 6.45) is -4.80. The molecule has 2 saturated heterocycles. The summed E-state index contributed by atoms with van der Waals surface area (Å²) >= 11 is 0. The van der Waals surface area contributed by atoms with E-state index in [4.69, 9.17) is 28.7 Å². The topological polar surface area (TPSA) is 95.8 Å². The van der Waals surface area contributed by atoms with Gasteiger partial charge in [0.2, 0.25) is 6.29 Å². The van der Waals surface area contributed by atoms with Crippen molar-refractivity contribution in [2.24, 2.45) is 0 Å². The second-order valence-electron chi connectivity index (χ2n) is 6.10. The summed E-state index contributed by atoms with van der Waals surface area (Å²) in [5.74, 6) is -1.74. The lowest BCUT2D eigenvalue weighted by molar-refractivity contribution is -0.465. The third-order valence-electron chi connectivity index (χ3n) is 3.49. The van der Waals surface area contributed by atoms with E-state index in [-0.39, 0.29) is 6.61 Å². The zero-order valence-electron chi connectivity index (χ0n) is 12.9. The Morgan fingerprint density at radius 2 is 1.86 bits per heavy atom. The van der Waals surface area contributed by atoms with Crippen molar-refractivity contribution in [1.29, 1.82) is 0 Å². The predicted octanol–water partition coefficient (Wildman–Crippen LogP) is -0.0847. The fourth-order valence-electron chi connectivity index (χ4n) is 2.13. The van der Waals surface area contributed by atoms with Gasteiger partial charge in [-0.2, -0.15) is 9.78 Å². The Bertz CT molecular complexity index is 358. The van der Waals surface area contributed by atoms with E-state index >= 15 is 0 Å². The van der Waals surface area contributed by atoms with Crippen molar-refractivity contribution in [3.05, 3.63) is 0 Å². The first-order valence-corrected chi connectivity index (χ1v) is 6.88. The number of rotatable bonds is 5. The quantitative estimate of drug-likeness (QED) is 0.413. The summed E-state index contributed by atoms with van der Waals surface area (Å²) < 4.78 is 21.6. The molecule has 8 heteroatoms. The zero-order chi connectivity index (χ0) is 15.8. The summed E-state index contributed by atoms with van der Waals surface area (Å²) in [5, 5.41) is 20.0. The molecule has 0 saturated carbocycles. The van der Waals surface area contributed by atoms with E-state index in [2.05, 4.69) is 0 Å². The molecule has 2 aliphatic heterocycles. The van der Waals surface area contributed by atoms with Crippen LogP contribution in [0.25, 0.3) is 0 Å². The molecule has 8 nitrogen and oxygen atoms in total. The van der Waals surface area contributed by atoms with Crippen LogP contribution in [0.2, 0.25) is 0 Å². The number of methoxy groups -OCH3 is 1. The van der Waals surface area contributed by atoms with Gasteiger partial charge in [-0.3, -0.25) is 0 Å². The lowest BCUT2D eigenvalue weighted by Gasteiger charge is -2.24. The Balaban J connectivity index is 1.92. The Kier molecular flexibility index (Phi) is 4.91. The van der Waals surface area contributed by atoms with Crippen LogP contribution in [0.4, 0.5) is 0 Å². The SMILES string of the molecule is COC(C)(C)OO[C@@H]1O[C@H]([C@H]2COC(C)(C)O2)[C@H](O)[C@@H]1O. The summed E-state index contributed by atoms with van der Waals surface area (Å²) in [7, 11) is 1.46. The number of aliphatic hydroxyl groups excluding tert-OH is 2. The largest absolute Gasteiger partial charge is 0.387 e. The van der Waals surface area contributed by atoms with Crippen LogP contribution in [0.5, 0.6) is 0 Å². The van der Waals surface area contributed by atoms with Crippen LogP contribution in [-0.4, -0.2) is 66.2 Å². The molecule has 0 aromatic carbocycles. The minimum absolute atomic E-state index is 0.262. The van der Waals surface area contributed by atoms with E-state index in [9.17, 15) is 10.2 Å². The summed E-state index contributed by atoms with van der Waals surface area (Å²) in [4.78, 5) is 10.1. The normalized spacial score (nSPS) is 39.9. The van der Waals surface area contributed by atoms with E-state index in [1.165, 1.54) is 7.11 Å². The van der Waals surface area contributed by atoms with Gasteiger partial charge in [0.15, 0.2) is 11.6 Å². The van der Waals surface area contributed by atoms with Crippen LogP contribution in [0.15, 0.2) is 0 Å². The first-order valence-electron chi connectivity index (χ1n) is 6.88. The molecule has 2 heterocycles. The first-order chi connectivity index (χ1) is 9.65. The van der Waals surface area contributed by atoms with Gasteiger partial charge in [0, 0.05) is 7.11 Å². The second-order valence-corrected chi connectivity index (χ2v) is 6.10. The van der Waals surface area contributed by atoms with Crippen LogP contribution in [-0.2, 0) is 28.7 Å². The molecule has 0 spiro atoms. The lowest BCUT2D eigenvalue weighted by atomic mass is 10.1. The smallest absolute Gasteiger partial charge is 0.220 e. The molecule has 0 unspecified atom stereocenters. The van der Waals surface area contributed by atoms with Crippen molar-refractivity contribution in [3.8, 4) is 0 Å². The molecular formula is C13H24O8. The molecule has 0 bridgehead atoms. The number of hydrogen-bond donors (Lipinski definition) is 2. The fourth-order valence-corrected chi connectivity index (χ4v) is 2.13. The Labute approximate surface area is 123 Å². The molecule has 0 aromatic rings. The molecule has 2 fully saturated rings. The van der Waals surface area contributed by atoms with Crippen LogP contribution >= 0.6 is 0 Å². The van der Waals surface area contributed by atoms with E-state index in [1.807, 2.05) is 0 Å². The Morgan fingerprint density at radius 3 is 2.38 bits per heavy atom. The van der Waals surface area contributed by atoms with Crippen molar-refractivity contribution < 1.29 is 38.9 Å². The molecule has 0 aliphatic carbocycles. The maximum Gasteiger partial charge on any atom is 0.220 e. The number of ether oxygens (including phenoxy) is 4. The van der Waals surface area contributed by atoms with Gasteiger partial charge in [0.25, 0.3) is 0 Å². The molecule has 0 radical (unpaired) electrons. The molecule has 2 aliphatic rings. The highest BCUT2D eigenvalue weighted by atomic mass is 17.3. The molecular weight excluding hydrogens is 284 g/mol. The highest BCUT2D eigenvalue weighted by Gasteiger charge is 2.51. The fraction of sp³-hybridized carbons (Fsp3) is 1.00. The monoisotopic (exact) mass is 308 g/mol. The van der Waals surface area contributed by atoms with Crippen LogP contribution in [0, 0.1) is 0 Å². The molecule has 124 valence electrons. The number of hydrogen-bond acceptors (Lipinski definition) is 8. The maximum absolute atomic E-state index is 10.1. The van der Waals surface area contributed by atoms with E-state index in [1.54, 1.807) is 27.7 Å². The second kappa shape index (κ2) is 6.05. The van der Waals surface area contributed by atoms with Gasteiger partial charge in [-0.25, -0.2) is 0 Å². The maximum atomic E-state index is 10.1. The van der Waals surface area contributed by atoms with Gasteiger partial charge in [0.1, 0.15) is 24.4 Å². The molecule has 2 N–H and O–H groups in total.